The van der Waals surface area contributed by atoms with Crippen LogP contribution in [0.4, 0.5) is 15.2 Å². The first-order chi connectivity index (χ1) is 10.2. The fourth-order valence-corrected chi connectivity index (χ4v) is 3.28. The van der Waals surface area contributed by atoms with Gasteiger partial charge in [0.1, 0.15) is 11.6 Å². The number of rotatable bonds is 4. The van der Waals surface area contributed by atoms with Crippen LogP contribution < -0.4 is 10.1 Å². The Morgan fingerprint density at radius 1 is 1.33 bits per heavy atom. The highest BCUT2D eigenvalue weighted by Gasteiger charge is 2.10. The third-order valence-electron chi connectivity index (χ3n) is 2.87. The molecule has 0 spiro atoms. The number of thiazole rings is 1. The second kappa shape index (κ2) is 5.99. The summed E-state index contributed by atoms with van der Waals surface area (Å²) in [7, 11) is 0. The fraction of sp³-hybridized carbons (Fsp3) is 0.133. The number of nitrogens with zero attached hydrogens (tertiary/aromatic N) is 1. The van der Waals surface area contributed by atoms with E-state index in [1.165, 1.54) is 17.4 Å². The highest BCUT2D eigenvalue weighted by Crippen LogP contribution is 2.34. The molecule has 3 nitrogen and oxygen atoms in total. The average molecular weight is 367 g/mol. The maximum Gasteiger partial charge on any atom is 0.188 e. The number of benzene rings is 2. The Morgan fingerprint density at radius 3 is 2.95 bits per heavy atom. The molecule has 108 valence electrons. The lowest BCUT2D eigenvalue weighted by atomic mass is 10.3. The second-order valence-corrected chi connectivity index (χ2v) is 6.19. The molecule has 0 aliphatic heterocycles. The first-order valence-electron chi connectivity index (χ1n) is 6.42. The number of halogens is 2. The number of para-hydroxylation sites is 1. The van der Waals surface area contributed by atoms with E-state index in [0.29, 0.717) is 21.9 Å². The van der Waals surface area contributed by atoms with E-state index in [0.717, 1.165) is 16.0 Å². The first kappa shape index (κ1) is 14.3. The molecular formula is C15H12BrFN2OS. The van der Waals surface area contributed by atoms with Gasteiger partial charge < -0.3 is 10.1 Å². The molecule has 1 aromatic heterocycles. The van der Waals surface area contributed by atoms with Gasteiger partial charge >= 0.3 is 0 Å². The third kappa shape index (κ3) is 3.01. The van der Waals surface area contributed by atoms with Crippen molar-refractivity contribution in [1.82, 2.24) is 4.98 Å². The van der Waals surface area contributed by atoms with Crippen molar-refractivity contribution in [1.29, 1.82) is 0 Å². The van der Waals surface area contributed by atoms with Crippen molar-refractivity contribution in [3.63, 3.8) is 0 Å². The smallest absolute Gasteiger partial charge is 0.188 e. The molecule has 0 unspecified atom stereocenters. The van der Waals surface area contributed by atoms with Gasteiger partial charge in [-0.05, 0) is 53.2 Å². The lowest BCUT2D eigenvalue weighted by molar-refractivity contribution is 0.341. The SMILES string of the molecule is CCOc1ccc2nc(Nc3c(F)cccc3Br)sc2c1. The molecule has 2 aromatic carbocycles. The molecule has 0 aliphatic carbocycles. The Kier molecular flexibility index (Phi) is 4.07. The van der Waals surface area contributed by atoms with Crippen LogP contribution in [-0.4, -0.2) is 11.6 Å². The molecule has 3 aromatic rings. The van der Waals surface area contributed by atoms with E-state index >= 15 is 0 Å². The van der Waals surface area contributed by atoms with E-state index in [1.807, 2.05) is 25.1 Å². The maximum atomic E-state index is 13.8. The monoisotopic (exact) mass is 366 g/mol. The molecule has 0 saturated heterocycles. The number of aromatic nitrogens is 1. The minimum absolute atomic E-state index is 0.321. The molecule has 1 N–H and O–H groups in total. The summed E-state index contributed by atoms with van der Waals surface area (Å²) in [5.41, 5.74) is 1.25. The first-order valence-corrected chi connectivity index (χ1v) is 8.02. The van der Waals surface area contributed by atoms with Crippen molar-refractivity contribution in [3.05, 3.63) is 46.7 Å². The summed E-state index contributed by atoms with van der Waals surface area (Å²) in [6.07, 6.45) is 0. The zero-order chi connectivity index (χ0) is 14.8. The lowest BCUT2D eigenvalue weighted by Gasteiger charge is -2.05. The lowest BCUT2D eigenvalue weighted by Crippen LogP contribution is -1.94. The van der Waals surface area contributed by atoms with E-state index in [9.17, 15) is 4.39 Å². The van der Waals surface area contributed by atoms with Crippen molar-refractivity contribution in [2.45, 2.75) is 6.92 Å². The highest BCUT2D eigenvalue weighted by molar-refractivity contribution is 9.10. The maximum absolute atomic E-state index is 13.8. The average Bonchev–Trinajstić information content (AvgIpc) is 2.85. The Bertz CT molecular complexity index is 770. The molecule has 6 heteroatoms. The van der Waals surface area contributed by atoms with Crippen LogP contribution in [0.1, 0.15) is 6.92 Å². The molecule has 21 heavy (non-hydrogen) atoms. The van der Waals surface area contributed by atoms with Gasteiger partial charge in [0.2, 0.25) is 0 Å². The van der Waals surface area contributed by atoms with Gasteiger partial charge in [0.05, 0.1) is 22.5 Å². The van der Waals surface area contributed by atoms with Gasteiger partial charge in [-0.25, -0.2) is 9.37 Å². The number of ether oxygens (including phenoxy) is 1. The summed E-state index contributed by atoms with van der Waals surface area (Å²) in [6, 6.07) is 10.6. The number of fused-ring (bicyclic) bond motifs is 1. The summed E-state index contributed by atoms with van der Waals surface area (Å²) in [6.45, 7) is 2.57. The van der Waals surface area contributed by atoms with Gasteiger partial charge in [-0.15, -0.1) is 0 Å². The minimum atomic E-state index is -0.321. The molecule has 0 bridgehead atoms. The minimum Gasteiger partial charge on any atom is -0.494 e. The summed E-state index contributed by atoms with van der Waals surface area (Å²) in [5, 5.41) is 3.67. The Labute approximate surface area is 133 Å². The number of anilines is 2. The van der Waals surface area contributed by atoms with Gasteiger partial charge in [-0.3, -0.25) is 0 Å². The second-order valence-electron chi connectivity index (χ2n) is 4.30. The van der Waals surface area contributed by atoms with Gasteiger partial charge in [-0.1, -0.05) is 17.4 Å². The summed E-state index contributed by atoms with van der Waals surface area (Å²) < 4.78 is 21.0. The molecule has 0 saturated carbocycles. The van der Waals surface area contributed by atoms with Gasteiger partial charge in [0.25, 0.3) is 0 Å². The van der Waals surface area contributed by atoms with Crippen LogP contribution in [-0.2, 0) is 0 Å². The van der Waals surface area contributed by atoms with Crippen LogP contribution in [0, 0.1) is 5.82 Å². The quantitative estimate of drug-likeness (QED) is 0.676. The van der Waals surface area contributed by atoms with Crippen LogP contribution >= 0.6 is 27.3 Å². The number of hydrogen-bond acceptors (Lipinski definition) is 4. The zero-order valence-corrected chi connectivity index (χ0v) is 13.6. The van der Waals surface area contributed by atoms with Crippen molar-refractivity contribution in [2.24, 2.45) is 0 Å². The molecule has 0 fully saturated rings. The van der Waals surface area contributed by atoms with Gasteiger partial charge in [-0.2, -0.15) is 0 Å². The Balaban J connectivity index is 1.94. The Morgan fingerprint density at radius 2 is 2.19 bits per heavy atom. The van der Waals surface area contributed by atoms with Crippen LogP contribution in [0.25, 0.3) is 10.2 Å². The third-order valence-corrected chi connectivity index (χ3v) is 4.46. The van der Waals surface area contributed by atoms with Crippen molar-refractivity contribution < 1.29 is 9.13 Å². The Hall–Kier alpha value is -1.66. The number of hydrogen-bond donors (Lipinski definition) is 1. The standard InChI is InChI=1S/C15H12BrFN2OS/c1-2-20-9-6-7-12-13(8-9)21-15(18-12)19-14-10(16)4-3-5-11(14)17/h3-8H,2H2,1H3,(H,18,19). The largest absolute Gasteiger partial charge is 0.494 e. The molecule has 0 amide bonds. The molecule has 0 aliphatic rings. The zero-order valence-electron chi connectivity index (χ0n) is 11.2. The fourth-order valence-electron chi connectivity index (χ4n) is 1.94. The predicted molar refractivity (Wildman–Crippen MR) is 88.2 cm³/mol. The van der Waals surface area contributed by atoms with Crippen LogP contribution in [0.15, 0.2) is 40.9 Å². The summed E-state index contributed by atoms with van der Waals surface area (Å²) >= 11 is 4.79. The van der Waals surface area contributed by atoms with Crippen molar-refractivity contribution >= 4 is 48.3 Å². The van der Waals surface area contributed by atoms with E-state index in [1.54, 1.807) is 12.1 Å². The highest BCUT2D eigenvalue weighted by atomic mass is 79.9. The van der Waals surface area contributed by atoms with E-state index in [4.69, 9.17) is 4.74 Å². The van der Waals surface area contributed by atoms with E-state index < -0.39 is 0 Å². The van der Waals surface area contributed by atoms with E-state index in [2.05, 4.69) is 26.2 Å². The normalized spacial score (nSPS) is 10.8. The summed E-state index contributed by atoms with van der Waals surface area (Å²) in [5.74, 6) is 0.492. The molecule has 1 heterocycles. The van der Waals surface area contributed by atoms with Crippen LogP contribution in [0.5, 0.6) is 5.75 Å². The number of nitrogens with one attached hydrogen (secondary N) is 1. The van der Waals surface area contributed by atoms with Gasteiger partial charge in [0, 0.05) is 4.47 Å². The molecule has 0 radical (unpaired) electrons. The van der Waals surface area contributed by atoms with E-state index in [-0.39, 0.29) is 5.82 Å². The summed E-state index contributed by atoms with van der Waals surface area (Å²) in [4.78, 5) is 4.46. The van der Waals surface area contributed by atoms with Gasteiger partial charge in [0.15, 0.2) is 5.13 Å². The van der Waals surface area contributed by atoms with Crippen molar-refractivity contribution in [3.8, 4) is 5.75 Å². The topological polar surface area (TPSA) is 34.1 Å². The molecule has 0 atom stereocenters. The predicted octanol–water partition coefficient (Wildman–Crippen LogP) is 5.34. The molecule has 3 rings (SSSR count). The van der Waals surface area contributed by atoms with Crippen molar-refractivity contribution in [2.75, 3.05) is 11.9 Å². The van der Waals surface area contributed by atoms with Crippen LogP contribution in [0.2, 0.25) is 0 Å². The molecular weight excluding hydrogens is 355 g/mol. The van der Waals surface area contributed by atoms with Crippen LogP contribution in [0.3, 0.4) is 0 Å².